The summed E-state index contributed by atoms with van der Waals surface area (Å²) in [7, 11) is 0. The lowest BCUT2D eigenvalue weighted by Gasteiger charge is -2.19. The fourth-order valence-electron chi connectivity index (χ4n) is 2.82. The number of carbonyl (C=O) groups excluding carboxylic acids is 1. The molecule has 0 saturated carbocycles. The minimum absolute atomic E-state index is 0.115. The molecule has 138 valence electrons. The maximum atomic E-state index is 12.9. The van der Waals surface area contributed by atoms with Crippen molar-refractivity contribution in [1.82, 2.24) is 9.97 Å². The average Bonchev–Trinajstić information content (AvgIpc) is 2.99. The first-order valence-corrected chi connectivity index (χ1v) is 8.93. The SMILES string of the molecule is Cc1cc(NCCCO)nc(N2CCN(c3ccc(Cl)c(C)c3)C2=O)n1. The van der Waals surface area contributed by atoms with E-state index in [1.54, 1.807) is 15.9 Å². The molecule has 1 aliphatic heterocycles. The molecule has 1 aromatic carbocycles. The van der Waals surface area contributed by atoms with E-state index in [0.29, 0.717) is 42.8 Å². The van der Waals surface area contributed by atoms with E-state index < -0.39 is 0 Å². The smallest absolute Gasteiger partial charge is 0.331 e. The zero-order valence-corrected chi connectivity index (χ0v) is 15.6. The second-order valence-corrected chi connectivity index (χ2v) is 6.63. The summed E-state index contributed by atoms with van der Waals surface area (Å²) in [6.45, 7) is 5.58. The van der Waals surface area contributed by atoms with Crippen LogP contribution in [0, 0.1) is 13.8 Å². The number of rotatable bonds is 6. The number of anilines is 3. The van der Waals surface area contributed by atoms with Crippen LogP contribution in [0.25, 0.3) is 0 Å². The Bertz CT molecular complexity index is 814. The molecule has 0 unspecified atom stereocenters. The highest BCUT2D eigenvalue weighted by Gasteiger charge is 2.32. The van der Waals surface area contributed by atoms with Gasteiger partial charge in [-0.3, -0.25) is 9.80 Å². The normalized spacial score (nSPS) is 14.2. The van der Waals surface area contributed by atoms with Crippen molar-refractivity contribution in [1.29, 1.82) is 0 Å². The van der Waals surface area contributed by atoms with E-state index in [4.69, 9.17) is 16.7 Å². The van der Waals surface area contributed by atoms with Crippen LogP contribution in [0.2, 0.25) is 5.02 Å². The summed E-state index contributed by atoms with van der Waals surface area (Å²) in [5, 5.41) is 12.7. The summed E-state index contributed by atoms with van der Waals surface area (Å²) in [5.41, 5.74) is 2.51. The van der Waals surface area contributed by atoms with E-state index >= 15 is 0 Å². The quantitative estimate of drug-likeness (QED) is 0.758. The number of hydrogen-bond acceptors (Lipinski definition) is 5. The molecule has 2 heterocycles. The molecule has 0 radical (unpaired) electrons. The van der Waals surface area contributed by atoms with Gasteiger partial charge in [0.15, 0.2) is 0 Å². The predicted molar refractivity (Wildman–Crippen MR) is 103 cm³/mol. The Kier molecular flexibility index (Phi) is 5.58. The average molecular weight is 376 g/mol. The lowest BCUT2D eigenvalue weighted by molar-refractivity contribution is 0.255. The minimum atomic E-state index is -0.154. The Morgan fingerprint density at radius 1 is 1.19 bits per heavy atom. The third kappa shape index (κ3) is 3.89. The molecule has 2 N–H and O–H groups in total. The fraction of sp³-hybridized carbons (Fsp3) is 0.389. The van der Waals surface area contributed by atoms with Crippen molar-refractivity contribution in [3.63, 3.8) is 0 Å². The molecule has 1 saturated heterocycles. The van der Waals surface area contributed by atoms with Crippen LogP contribution >= 0.6 is 11.6 Å². The third-order valence-corrected chi connectivity index (χ3v) is 4.61. The third-order valence-electron chi connectivity index (χ3n) is 4.19. The first-order valence-electron chi connectivity index (χ1n) is 8.55. The van der Waals surface area contributed by atoms with E-state index in [9.17, 15) is 4.79 Å². The number of urea groups is 1. The highest BCUT2D eigenvalue weighted by molar-refractivity contribution is 6.31. The summed E-state index contributed by atoms with van der Waals surface area (Å²) in [5.74, 6) is 1.03. The molecule has 8 heteroatoms. The van der Waals surface area contributed by atoms with Gasteiger partial charge in [0, 0.05) is 48.7 Å². The lowest BCUT2D eigenvalue weighted by Crippen LogP contribution is -2.33. The molecule has 26 heavy (non-hydrogen) atoms. The second-order valence-electron chi connectivity index (χ2n) is 6.22. The Labute approximate surface area is 157 Å². The molecular weight excluding hydrogens is 354 g/mol. The van der Waals surface area contributed by atoms with Gasteiger partial charge in [-0.25, -0.2) is 9.78 Å². The molecule has 3 rings (SSSR count). The van der Waals surface area contributed by atoms with Crippen molar-refractivity contribution >= 4 is 35.1 Å². The van der Waals surface area contributed by atoms with Crippen molar-refractivity contribution in [2.45, 2.75) is 20.3 Å². The van der Waals surface area contributed by atoms with Crippen molar-refractivity contribution < 1.29 is 9.90 Å². The Morgan fingerprint density at radius 3 is 2.69 bits per heavy atom. The van der Waals surface area contributed by atoms with Gasteiger partial charge in [0.1, 0.15) is 5.82 Å². The number of aliphatic hydroxyl groups is 1. The Balaban J connectivity index is 1.80. The molecule has 2 amide bonds. The highest BCUT2D eigenvalue weighted by Crippen LogP contribution is 2.27. The summed E-state index contributed by atoms with van der Waals surface area (Å²) in [6.07, 6.45) is 0.630. The number of carbonyl (C=O) groups is 1. The van der Waals surface area contributed by atoms with Gasteiger partial charge < -0.3 is 10.4 Å². The van der Waals surface area contributed by atoms with Crippen LogP contribution < -0.4 is 15.1 Å². The van der Waals surface area contributed by atoms with Crippen molar-refractivity contribution in [2.24, 2.45) is 0 Å². The van der Waals surface area contributed by atoms with Crippen LogP contribution in [0.3, 0.4) is 0 Å². The molecule has 1 aliphatic rings. The molecule has 1 aromatic heterocycles. The number of benzene rings is 1. The van der Waals surface area contributed by atoms with Crippen LogP contribution in [0.1, 0.15) is 17.7 Å². The van der Waals surface area contributed by atoms with E-state index in [-0.39, 0.29) is 12.6 Å². The van der Waals surface area contributed by atoms with E-state index in [0.717, 1.165) is 16.9 Å². The van der Waals surface area contributed by atoms with Crippen molar-refractivity contribution in [3.05, 3.63) is 40.5 Å². The van der Waals surface area contributed by atoms with Crippen LogP contribution in [-0.2, 0) is 0 Å². The standard InChI is InChI=1S/C18H22ClN5O2/c1-12-10-14(4-5-15(12)19)23-7-8-24(18(23)26)17-21-13(2)11-16(22-17)20-6-3-9-25/h4-5,10-11,25H,3,6-9H2,1-2H3,(H,20,21,22). The number of nitrogens with zero attached hydrogens (tertiary/aromatic N) is 4. The van der Waals surface area contributed by atoms with Gasteiger partial charge in [-0.1, -0.05) is 11.6 Å². The molecule has 0 atom stereocenters. The van der Waals surface area contributed by atoms with E-state index in [1.807, 2.05) is 32.0 Å². The van der Waals surface area contributed by atoms with Crippen LogP contribution in [0.5, 0.6) is 0 Å². The van der Waals surface area contributed by atoms with E-state index in [1.165, 1.54) is 0 Å². The van der Waals surface area contributed by atoms with E-state index in [2.05, 4.69) is 15.3 Å². The molecule has 1 fully saturated rings. The number of hydrogen-bond donors (Lipinski definition) is 2. The highest BCUT2D eigenvalue weighted by atomic mass is 35.5. The largest absolute Gasteiger partial charge is 0.396 e. The van der Waals surface area contributed by atoms with Gasteiger partial charge in [0.2, 0.25) is 5.95 Å². The molecule has 2 aromatic rings. The van der Waals surface area contributed by atoms with Crippen LogP contribution in [0.15, 0.2) is 24.3 Å². The molecule has 0 spiro atoms. The second kappa shape index (κ2) is 7.88. The zero-order chi connectivity index (χ0) is 18.7. The maximum Gasteiger partial charge on any atom is 0.331 e. The minimum Gasteiger partial charge on any atom is -0.396 e. The first kappa shape index (κ1) is 18.4. The van der Waals surface area contributed by atoms with Gasteiger partial charge in [-0.2, -0.15) is 4.98 Å². The Morgan fingerprint density at radius 2 is 1.96 bits per heavy atom. The molecule has 0 aliphatic carbocycles. The molecule has 7 nitrogen and oxygen atoms in total. The maximum absolute atomic E-state index is 12.9. The van der Waals surface area contributed by atoms with Gasteiger partial charge in [-0.15, -0.1) is 0 Å². The summed E-state index contributed by atoms with van der Waals surface area (Å²) >= 11 is 6.08. The number of aliphatic hydroxyl groups excluding tert-OH is 1. The number of aryl methyl sites for hydroxylation is 2. The topological polar surface area (TPSA) is 81.6 Å². The van der Waals surface area contributed by atoms with Crippen LogP contribution in [0.4, 0.5) is 22.2 Å². The number of nitrogens with one attached hydrogen (secondary N) is 1. The lowest BCUT2D eigenvalue weighted by atomic mass is 10.2. The Hall–Kier alpha value is -2.38. The fourth-order valence-corrected chi connectivity index (χ4v) is 2.94. The van der Waals surface area contributed by atoms with Gasteiger partial charge in [0.25, 0.3) is 0 Å². The zero-order valence-electron chi connectivity index (χ0n) is 14.9. The van der Waals surface area contributed by atoms with Gasteiger partial charge >= 0.3 is 6.03 Å². The summed E-state index contributed by atoms with van der Waals surface area (Å²) < 4.78 is 0. The number of amides is 2. The van der Waals surface area contributed by atoms with Gasteiger partial charge in [-0.05, 0) is 44.0 Å². The van der Waals surface area contributed by atoms with Crippen molar-refractivity contribution in [3.8, 4) is 0 Å². The van der Waals surface area contributed by atoms with Crippen molar-refractivity contribution in [2.75, 3.05) is 41.4 Å². The molecule has 0 bridgehead atoms. The first-order chi connectivity index (χ1) is 12.5. The van der Waals surface area contributed by atoms with Gasteiger partial charge in [0.05, 0.1) is 0 Å². The number of aromatic nitrogens is 2. The summed E-state index contributed by atoms with van der Waals surface area (Å²) in [4.78, 5) is 25.0. The number of halogens is 1. The predicted octanol–water partition coefficient (Wildman–Crippen LogP) is 2.99. The monoisotopic (exact) mass is 375 g/mol. The molecular formula is C18H22ClN5O2. The van der Waals surface area contributed by atoms with Crippen LogP contribution in [-0.4, -0.2) is 47.3 Å². The summed E-state index contributed by atoms with van der Waals surface area (Å²) in [6, 6.07) is 7.22.